The third-order valence-electron chi connectivity index (χ3n) is 1.77. The monoisotopic (exact) mass is 172 g/mol. The number of rotatable bonds is 1. The van der Waals surface area contributed by atoms with E-state index in [4.69, 9.17) is 21.5 Å². The zero-order valence-electron chi connectivity index (χ0n) is 5.87. The fraction of sp³-hybridized carbons (Fsp3) is 0.667. The van der Waals surface area contributed by atoms with E-state index in [-0.39, 0.29) is 4.84 Å². The molecule has 0 spiro atoms. The number of nitrogens with zero attached hydrogens (tertiary/aromatic N) is 1. The number of aromatic amines is 1. The van der Waals surface area contributed by atoms with E-state index < -0.39 is 0 Å². The molecule has 1 aliphatic heterocycles. The first-order valence-corrected chi connectivity index (χ1v) is 3.90. The van der Waals surface area contributed by atoms with Gasteiger partial charge in [0, 0.05) is 12.5 Å². The van der Waals surface area contributed by atoms with E-state index in [0.29, 0.717) is 5.92 Å². The summed E-state index contributed by atoms with van der Waals surface area (Å²) >= 11 is 4.72. The second kappa shape index (κ2) is 2.75. The molecule has 0 aromatic carbocycles. The largest absolute Gasteiger partial charge is 0.381 e. The maximum absolute atomic E-state index is 5.19. The molecular formula is C6H8N2O2S. The lowest BCUT2D eigenvalue weighted by atomic mass is 10.1. The van der Waals surface area contributed by atoms with Crippen LogP contribution < -0.4 is 0 Å². The molecule has 1 unspecified atom stereocenters. The molecule has 1 fully saturated rings. The maximum atomic E-state index is 5.19. The Bertz CT molecular complexity index is 287. The fourth-order valence-electron chi connectivity index (χ4n) is 1.16. The molecule has 1 N–H and O–H groups in total. The molecule has 2 rings (SSSR count). The Balaban J connectivity index is 2.21. The minimum Gasteiger partial charge on any atom is -0.381 e. The molecule has 1 saturated heterocycles. The molecule has 1 aliphatic rings. The van der Waals surface area contributed by atoms with Crippen LogP contribution in [0.3, 0.4) is 0 Å². The van der Waals surface area contributed by atoms with Crippen LogP contribution in [0.25, 0.3) is 0 Å². The van der Waals surface area contributed by atoms with Gasteiger partial charge in [-0.3, -0.25) is 0 Å². The molecule has 0 radical (unpaired) electrons. The molecule has 60 valence electrons. The summed E-state index contributed by atoms with van der Waals surface area (Å²) in [6.07, 6.45) is 0.998. The molecule has 1 aromatic rings. The Labute approximate surface area is 68.5 Å². The summed E-state index contributed by atoms with van der Waals surface area (Å²) in [7, 11) is 0. The van der Waals surface area contributed by atoms with E-state index in [1.54, 1.807) is 0 Å². The Kier molecular flexibility index (Phi) is 1.75. The first kappa shape index (κ1) is 7.00. The highest BCUT2D eigenvalue weighted by Gasteiger charge is 2.20. The van der Waals surface area contributed by atoms with Crippen molar-refractivity contribution in [3.63, 3.8) is 0 Å². The van der Waals surface area contributed by atoms with Gasteiger partial charge >= 0.3 is 4.84 Å². The third kappa shape index (κ3) is 1.34. The Hall–Kier alpha value is -0.680. The van der Waals surface area contributed by atoms with Gasteiger partial charge in [-0.05, 0) is 18.6 Å². The van der Waals surface area contributed by atoms with Crippen molar-refractivity contribution in [2.75, 3.05) is 13.2 Å². The van der Waals surface area contributed by atoms with E-state index in [1.807, 2.05) is 0 Å². The van der Waals surface area contributed by atoms with Gasteiger partial charge in [-0.15, -0.1) is 0 Å². The standard InChI is InChI=1S/C6H8N2O2S/c11-6-7-5(8-10-6)4-1-2-9-3-4/h4H,1-3H2,(H,7,8,11). The van der Waals surface area contributed by atoms with Crippen LogP contribution in [0.15, 0.2) is 4.52 Å². The van der Waals surface area contributed by atoms with Crippen molar-refractivity contribution in [3.05, 3.63) is 10.7 Å². The van der Waals surface area contributed by atoms with Crippen molar-refractivity contribution in [2.24, 2.45) is 0 Å². The summed E-state index contributed by atoms with van der Waals surface area (Å²) in [5, 5.41) is 2.68. The van der Waals surface area contributed by atoms with Gasteiger partial charge in [0.25, 0.3) is 0 Å². The van der Waals surface area contributed by atoms with E-state index in [1.165, 1.54) is 0 Å². The van der Waals surface area contributed by atoms with Gasteiger partial charge in [-0.25, -0.2) is 5.16 Å². The minimum absolute atomic E-state index is 0.270. The predicted octanol–water partition coefficient (Wildman–Crippen LogP) is 1.24. The normalized spacial score (nSPS) is 24.2. The van der Waals surface area contributed by atoms with Gasteiger partial charge < -0.3 is 9.26 Å². The van der Waals surface area contributed by atoms with Crippen LogP contribution in [0.4, 0.5) is 0 Å². The smallest absolute Gasteiger partial charge is 0.314 e. The van der Waals surface area contributed by atoms with Gasteiger partial charge in [0.1, 0.15) is 5.82 Å². The molecule has 1 aromatic heterocycles. The van der Waals surface area contributed by atoms with E-state index >= 15 is 0 Å². The summed E-state index contributed by atoms with van der Waals surface area (Å²) in [5.41, 5.74) is 0. The zero-order chi connectivity index (χ0) is 7.68. The quantitative estimate of drug-likeness (QED) is 0.647. The molecule has 4 nitrogen and oxygen atoms in total. The van der Waals surface area contributed by atoms with Gasteiger partial charge in [0.2, 0.25) is 0 Å². The summed E-state index contributed by atoms with van der Waals surface area (Å²) in [6, 6.07) is 0. The number of aromatic nitrogens is 2. The molecule has 0 saturated carbocycles. The van der Waals surface area contributed by atoms with E-state index in [9.17, 15) is 0 Å². The molecule has 5 heteroatoms. The highest BCUT2D eigenvalue weighted by Crippen LogP contribution is 2.21. The lowest BCUT2D eigenvalue weighted by molar-refractivity contribution is 0.192. The lowest BCUT2D eigenvalue weighted by Gasteiger charge is -1.98. The van der Waals surface area contributed by atoms with Crippen LogP contribution in [0.1, 0.15) is 18.2 Å². The van der Waals surface area contributed by atoms with E-state index in [0.717, 1.165) is 25.5 Å². The number of hydrogen-bond donors (Lipinski definition) is 1. The van der Waals surface area contributed by atoms with Crippen LogP contribution >= 0.6 is 12.2 Å². The van der Waals surface area contributed by atoms with Crippen LogP contribution in [-0.4, -0.2) is 23.4 Å². The molecular weight excluding hydrogens is 164 g/mol. The molecule has 0 amide bonds. The van der Waals surface area contributed by atoms with Crippen LogP contribution in [0, 0.1) is 4.84 Å². The predicted molar refractivity (Wildman–Crippen MR) is 39.9 cm³/mol. The van der Waals surface area contributed by atoms with Crippen LogP contribution in [-0.2, 0) is 4.74 Å². The van der Waals surface area contributed by atoms with Crippen molar-refractivity contribution in [3.8, 4) is 0 Å². The minimum atomic E-state index is 0.270. The lowest BCUT2D eigenvalue weighted by Crippen LogP contribution is -1.99. The number of ether oxygens (including phenoxy) is 1. The highest BCUT2D eigenvalue weighted by atomic mass is 32.1. The van der Waals surface area contributed by atoms with Crippen molar-refractivity contribution in [2.45, 2.75) is 12.3 Å². The Morgan fingerprint density at radius 2 is 2.55 bits per heavy atom. The van der Waals surface area contributed by atoms with E-state index in [2.05, 4.69) is 10.1 Å². The van der Waals surface area contributed by atoms with Crippen molar-refractivity contribution >= 4 is 12.2 Å². The van der Waals surface area contributed by atoms with Crippen LogP contribution in [0.5, 0.6) is 0 Å². The second-order valence-electron chi connectivity index (χ2n) is 2.53. The summed E-state index contributed by atoms with van der Waals surface area (Å²) < 4.78 is 9.99. The van der Waals surface area contributed by atoms with Crippen molar-refractivity contribution in [1.82, 2.24) is 10.1 Å². The maximum Gasteiger partial charge on any atom is 0.314 e. The van der Waals surface area contributed by atoms with Crippen LogP contribution in [0.2, 0.25) is 0 Å². The Morgan fingerprint density at radius 3 is 3.09 bits per heavy atom. The molecule has 2 heterocycles. The van der Waals surface area contributed by atoms with Gasteiger partial charge in [0.15, 0.2) is 0 Å². The highest BCUT2D eigenvalue weighted by molar-refractivity contribution is 7.71. The molecule has 0 bridgehead atoms. The van der Waals surface area contributed by atoms with Gasteiger partial charge in [0.05, 0.1) is 6.61 Å². The molecule has 1 atom stereocenters. The fourth-order valence-corrected chi connectivity index (χ4v) is 1.30. The summed E-state index contributed by atoms with van der Waals surface area (Å²) in [5.74, 6) is 1.16. The average molecular weight is 172 g/mol. The first-order chi connectivity index (χ1) is 5.36. The van der Waals surface area contributed by atoms with Gasteiger partial charge in [-0.1, -0.05) is 0 Å². The summed E-state index contributed by atoms with van der Waals surface area (Å²) in [6.45, 7) is 1.52. The number of H-pyrrole nitrogens is 1. The molecule has 11 heavy (non-hydrogen) atoms. The van der Waals surface area contributed by atoms with Crippen molar-refractivity contribution in [1.29, 1.82) is 0 Å². The zero-order valence-corrected chi connectivity index (χ0v) is 6.69. The average Bonchev–Trinajstić information content (AvgIpc) is 2.55. The SMILES string of the molecule is S=c1nc(C2CCOC2)[nH]o1. The first-order valence-electron chi connectivity index (χ1n) is 3.49. The second-order valence-corrected chi connectivity index (χ2v) is 2.88. The summed E-state index contributed by atoms with van der Waals surface area (Å²) in [4.78, 5) is 4.28. The number of nitrogens with one attached hydrogen (secondary N) is 1. The third-order valence-corrected chi connectivity index (χ3v) is 1.95. The van der Waals surface area contributed by atoms with Gasteiger partial charge in [-0.2, -0.15) is 4.98 Å². The van der Waals surface area contributed by atoms with Crippen molar-refractivity contribution < 1.29 is 9.26 Å². The Morgan fingerprint density at radius 1 is 1.64 bits per heavy atom. The molecule has 0 aliphatic carbocycles. The number of hydrogen-bond acceptors (Lipinski definition) is 4. The topological polar surface area (TPSA) is 51.0 Å².